The van der Waals surface area contributed by atoms with Gasteiger partial charge in [-0.25, -0.2) is 4.98 Å². The van der Waals surface area contributed by atoms with Crippen LogP contribution >= 0.6 is 11.3 Å². The third-order valence-electron chi connectivity index (χ3n) is 2.32. The molecule has 0 fully saturated rings. The summed E-state index contributed by atoms with van der Waals surface area (Å²) >= 11 is 1.65. The van der Waals surface area contributed by atoms with Gasteiger partial charge in [-0.15, -0.1) is 11.3 Å². The molecule has 14 heavy (non-hydrogen) atoms. The Kier molecular flexibility index (Phi) is 5.07. The molecule has 0 bridgehead atoms. The molecule has 2 N–H and O–H groups in total. The lowest BCUT2D eigenvalue weighted by Gasteiger charge is -2.17. The van der Waals surface area contributed by atoms with Gasteiger partial charge in [-0.2, -0.15) is 0 Å². The van der Waals surface area contributed by atoms with Crippen LogP contribution in [0.25, 0.3) is 0 Å². The van der Waals surface area contributed by atoms with E-state index in [1.165, 1.54) is 0 Å². The van der Waals surface area contributed by atoms with Crippen LogP contribution in [-0.4, -0.2) is 29.5 Å². The third-order valence-corrected chi connectivity index (χ3v) is 2.96. The zero-order valence-electron chi connectivity index (χ0n) is 8.94. The highest BCUT2D eigenvalue weighted by Gasteiger charge is 2.04. The summed E-state index contributed by atoms with van der Waals surface area (Å²) < 4.78 is 0. The summed E-state index contributed by atoms with van der Waals surface area (Å²) in [6.45, 7) is 4.11. The van der Waals surface area contributed by atoms with E-state index in [4.69, 9.17) is 5.73 Å². The van der Waals surface area contributed by atoms with Crippen molar-refractivity contribution >= 4 is 11.3 Å². The van der Waals surface area contributed by atoms with Crippen LogP contribution in [0.15, 0.2) is 10.9 Å². The van der Waals surface area contributed by atoms with E-state index in [-0.39, 0.29) is 0 Å². The topological polar surface area (TPSA) is 42.1 Å². The van der Waals surface area contributed by atoms with Crippen molar-refractivity contribution in [2.45, 2.75) is 32.4 Å². The first-order valence-electron chi connectivity index (χ1n) is 5.03. The highest BCUT2D eigenvalue weighted by Crippen LogP contribution is 2.05. The number of rotatable bonds is 6. The Hall–Kier alpha value is -0.450. The highest BCUT2D eigenvalue weighted by molar-refractivity contribution is 7.07. The van der Waals surface area contributed by atoms with Gasteiger partial charge in [-0.05, 0) is 26.4 Å². The standard InChI is InChI=1S/C10H19N3S/c1-3-9(11)4-5-13(2)6-10-7-14-8-12-10/h7-9H,3-6,11H2,1-2H3. The maximum absolute atomic E-state index is 5.85. The third kappa shape index (κ3) is 4.17. The van der Waals surface area contributed by atoms with Crippen molar-refractivity contribution in [1.29, 1.82) is 0 Å². The van der Waals surface area contributed by atoms with Crippen molar-refractivity contribution < 1.29 is 0 Å². The molecule has 1 aromatic heterocycles. The maximum Gasteiger partial charge on any atom is 0.0795 e. The van der Waals surface area contributed by atoms with Gasteiger partial charge in [0.15, 0.2) is 0 Å². The maximum atomic E-state index is 5.85. The molecule has 3 nitrogen and oxygen atoms in total. The average Bonchev–Trinajstić information content (AvgIpc) is 2.66. The number of hydrogen-bond donors (Lipinski definition) is 1. The van der Waals surface area contributed by atoms with Gasteiger partial charge in [0.25, 0.3) is 0 Å². The summed E-state index contributed by atoms with van der Waals surface area (Å²) in [6.07, 6.45) is 2.13. The van der Waals surface area contributed by atoms with Gasteiger partial charge in [0.1, 0.15) is 0 Å². The molecule has 1 rings (SSSR count). The van der Waals surface area contributed by atoms with E-state index >= 15 is 0 Å². The average molecular weight is 213 g/mol. The number of aromatic nitrogens is 1. The van der Waals surface area contributed by atoms with E-state index in [9.17, 15) is 0 Å². The molecule has 80 valence electrons. The Morgan fingerprint density at radius 2 is 2.43 bits per heavy atom. The second-order valence-electron chi connectivity index (χ2n) is 3.67. The molecule has 1 heterocycles. The van der Waals surface area contributed by atoms with Gasteiger partial charge in [0.05, 0.1) is 11.2 Å². The van der Waals surface area contributed by atoms with Crippen LogP contribution < -0.4 is 5.73 Å². The quantitative estimate of drug-likeness (QED) is 0.782. The molecular weight excluding hydrogens is 194 g/mol. The molecule has 0 aliphatic rings. The van der Waals surface area contributed by atoms with Crippen molar-refractivity contribution in [3.63, 3.8) is 0 Å². The smallest absolute Gasteiger partial charge is 0.0795 e. The lowest BCUT2D eigenvalue weighted by atomic mass is 10.1. The molecule has 0 saturated carbocycles. The van der Waals surface area contributed by atoms with Crippen LogP contribution in [0.4, 0.5) is 0 Å². The van der Waals surface area contributed by atoms with Gasteiger partial charge in [-0.1, -0.05) is 6.92 Å². The first-order chi connectivity index (χ1) is 6.72. The van der Waals surface area contributed by atoms with Crippen molar-refractivity contribution in [2.24, 2.45) is 5.73 Å². The van der Waals surface area contributed by atoms with Crippen molar-refractivity contribution in [3.05, 3.63) is 16.6 Å². The number of hydrogen-bond acceptors (Lipinski definition) is 4. The molecule has 0 aliphatic carbocycles. The summed E-state index contributed by atoms with van der Waals surface area (Å²) in [4.78, 5) is 6.52. The van der Waals surface area contributed by atoms with E-state index in [0.717, 1.165) is 31.6 Å². The molecule has 1 unspecified atom stereocenters. The minimum absolute atomic E-state index is 0.341. The summed E-state index contributed by atoms with van der Waals surface area (Å²) in [7, 11) is 2.11. The van der Waals surface area contributed by atoms with Crippen LogP contribution in [0, 0.1) is 0 Å². The molecule has 4 heteroatoms. The number of thiazole rings is 1. The molecule has 0 spiro atoms. The van der Waals surface area contributed by atoms with Gasteiger partial charge in [0, 0.05) is 18.0 Å². The van der Waals surface area contributed by atoms with E-state index < -0.39 is 0 Å². The van der Waals surface area contributed by atoms with Crippen LogP contribution in [0.2, 0.25) is 0 Å². The lowest BCUT2D eigenvalue weighted by Crippen LogP contribution is -2.27. The van der Waals surface area contributed by atoms with Gasteiger partial charge in [0.2, 0.25) is 0 Å². The molecule has 0 amide bonds. The van der Waals surface area contributed by atoms with Crippen molar-refractivity contribution in [2.75, 3.05) is 13.6 Å². The second kappa shape index (κ2) is 6.11. The molecule has 1 atom stereocenters. The fourth-order valence-corrected chi connectivity index (χ4v) is 1.81. The van der Waals surface area contributed by atoms with E-state index in [2.05, 4.69) is 29.2 Å². The summed E-state index contributed by atoms with van der Waals surface area (Å²) in [5.41, 5.74) is 8.89. The monoisotopic (exact) mass is 213 g/mol. The van der Waals surface area contributed by atoms with Crippen LogP contribution in [0.5, 0.6) is 0 Å². The van der Waals surface area contributed by atoms with Crippen LogP contribution in [0.1, 0.15) is 25.5 Å². The first-order valence-corrected chi connectivity index (χ1v) is 5.97. The minimum atomic E-state index is 0.341. The van der Waals surface area contributed by atoms with Crippen molar-refractivity contribution in [3.8, 4) is 0 Å². The minimum Gasteiger partial charge on any atom is -0.328 e. The predicted octanol–water partition coefficient (Wildman–Crippen LogP) is 1.70. The van der Waals surface area contributed by atoms with Crippen molar-refractivity contribution in [1.82, 2.24) is 9.88 Å². The molecule has 0 aliphatic heterocycles. The molecule has 1 aromatic rings. The Balaban J connectivity index is 2.19. The zero-order valence-corrected chi connectivity index (χ0v) is 9.76. The van der Waals surface area contributed by atoms with Gasteiger partial charge in [-0.3, -0.25) is 0 Å². The fraction of sp³-hybridized carbons (Fsp3) is 0.700. The van der Waals surface area contributed by atoms with Crippen LogP contribution in [0.3, 0.4) is 0 Å². The Morgan fingerprint density at radius 1 is 1.64 bits per heavy atom. The number of nitrogens with two attached hydrogens (primary N) is 1. The van der Waals surface area contributed by atoms with E-state index in [0.29, 0.717) is 6.04 Å². The lowest BCUT2D eigenvalue weighted by molar-refractivity contribution is 0.306. The SMILES string of the molecule is CCC(N)CCN(C)Cc1cscn1. The largest absolute Gasteiger partial charge is 0.328 e. The highest BCUT2D eigenvalue weighted by atomic mass is 32.1. The summed E-state index contributed by atoms with van der Waals surface area (Å²) in [6, 6.07) is 0.341. The Morgan fingerprint density at radius 3 is 3.00 bits per heavy atom. The molecular formula is C10H19N3S. The predicted molar refractivity (Wildman–Crippen MR) is 61.3 cm³/mol. The zero-order chi connectivity index (χ0) is 10.4. The van der Waals surface area contributed by atoms with E-state index in [1.54, 1.807) is 11.3 Å². The number of nitrogens with zero attached hydrogens (tertiary/aromatic N) is 2. The Bertz CT molecular complexity index is 236. The van der Waals surface area contributed by atoms with Gasteiger partial charge < -0.3 is 10.6 Å². The fourth-order valence-electron chi connectivity index (χ4n) is 1.26. The van der Waals surface area contributed by atoms with Crippen LogP contribution in [-0.2, 0) is 6.54 Å². The first kappa shape index (κ1) is 11.6. The summed E-state index contributed by atoms with van der Waals surface area (Å²) in [5, 5.41) is 2.09. The van der Waals surface area contributed by atoms with Gasteiger partial charge >= 0.3 is 0 Å². The molecule has 0 radical (unpaired) electrons. The van der Waals surface area contributed by atoms with E-state index in [1.807, 2.05) is 5.51 Å². The Labute approximate surface area is 89.9 Å². The molecule has 0 saturated heterocycles. The molecule has 0 aromatic carbocycles. The second-order valence-corrected chi connectivity index (χ2v) is 4.39. The summed E-state index contributed by atoms with van der Waals surface area (Å²) in [5.74, 6) is 0. The normalized spacial score (nSPS) is 13.4.